The number of carboxylic acids is 2. The van der Waals surface area contributed by atoms with Crippen LogP contribution in [0.3, 0.4) is 0 Å². The molecule has 2 unspecified atom stereocenters. The Morgan fingerprint density at radius 2 is 0.839 bits per heavy atom. The number of nitrogens with two attached hydrogens (primary N) is 1. The minimum absolute atomic E-state index is 0. The Bertz CT molecular complexity index is 4990. The number of piperidine rings is 3. The number of hydrogen-bond donors (Lipinski definition) is 6. The van der Waals surface area contributed by atoms with Gasteiger partial charge in [-0.1, -0.05) is 224 Å². The lowest BCUT2D eigenvalue weighted by Gasteiger charge is -2.38. The zero-order valence-electron chi connectivity index (χ0n) is 93.4. The molecule has 3 aliphatic rings. The number of nitrogens with zero attached hydrogens (tertiary/aromatic N) is 9. The first-order chi connectivity index (χ1) is 70.3. The smallest absolute Gasteiger partial charge is 0.355 e. The first-order valence-electron chi connectivity index (χ1n) is 52.5. The molecule has 6 amide bonds. The third-order valence-electron chi connectivity index (χ3n) is 27.6. The van der Waals surface area contributed by atoms with Gasteiger partial charge in [-0.25, -0.2) is 23.9 Å². The Morgan fingerprint density at radius 1 is 0.523 bits per heavy atom. The second kappa shape index (κ2) is 70.2. The van der Waals surface area contributed by atoms with Gasteiger partial charge in [-0.15, -0.1) is 46.4 Å². The Kier molecular flexibility index (Phi) is 63.6. The molecule has 8 rings (SSSR count). The number of aliphatic carboxylic acids is 1. The molecule has 0 spiro atoms. The molecule has 6 heterocycles. The van der Waals surface area contributed by atoms with Crippen LogP contribution in [0.1, 0.15) is 327 Å². The maximum Gasteiger partial charge on any atom is 0.355 e. The zero-order valence-corrected chi connectivity index (χ0v) is 98.4. The van der Waals surface area contributed by atoms with Crippen molar-refractivity contribution >= 4 is 165 Å². The summed E-state index contributed by atoms with van der Waals surface area (Å²) in [6.45, 7) is 37.7. The number of nitrogens with one attached hydrogen (secondary N) is 3. The predicted octanol–water partition coefficient (Wildman–Crippen LogP) is 18.9. The molecule has 0 radical (unpaired) electrons. The van der Waals surface area contributed by atoms with Crippen LogP contribution in [0.2, 0.25) is 0 Å². The van der Waals surface area contributed by atoms with E-state index < -0.39 is 79.7 Å². The number of benzene rings is 2. The van der Waals surface area contributed by atoms with Crippen molar-refractivity contribution in [1.29, 1.82) is 0 Å². The zero-order chi connectivity index (χ0) is 113. The lowest BCUT2D eigenvalue weighted by Crippen LogP contribution is -2.58. The molecular formula is C107H174ClFN13O20P3S4. The maximum absolute atomic E-state index is 14.2. The molecular weight excluding hydrogens is 2060 g/mol. The summed E-state index contributed by atoms with van der Waals surface area (Å²) in [6, 6.07) is 15.7. The molecule has 33 nitrogen and oxygen atoms in total. The quantitative estimate of drug-likeness (QED) is 0.00911. The van der Waals surface area contributed by atoms with Crippen LogP contribution in [-0.2, 0) is 96.3 Å². The maximum atomic E-state index is 14.2. The van der Waals surface area contributed by atoms with E-state index in [9.17, 15) is 76.4 Å². The van der Waals surface area contributed by atoms with Gasteiger partial charge in [0.25, 0.3) is 0 Å². The standard InChI is InChI=1S/C41H62N4O7S.C26H43FN4O5P2S.C26H42N4O6S.C12H17NO2.CH3PS.CH4.ClH.H2/c1-10-27(5)37(43-38(48)33-19-15-16-20-44(33)8)40(49)45(9)34(26(3)4)24-36(52-29(7)46)39-42-32(25-53-39)35(47)23-31(21-28(6)41(50)51-11-2)22-30-17-13-12-14-18-30;1-8-16(4)22(29-23(33)19-11-9-10-12-30(19)6)25(34)31(7)20(15(2)3)13-21(36-17(5)32)24-28-18(14-39-24)26(35)38(27)37;1-8-16(4)22(28-23(32)19-11-9-10-12-29(19)6)25(33)30(7)20(15(2)3)13-21(36-17(5)31)24-27-18(14-37-24)26(34)35;1-9(12(14)15)7-11(13)8-10-5-3-2-4-6-10;1-2-3;;;/h12-14,17-18,25-28,31,33-34,36-37H,10-11,15-16,19-24H2,1-9H3,(H,43,48);14-16,19-22H,8-13,37H2,1-7H3,(H,29,33);14-16,19-22H,8-13H2,1-7H3,(H,28,32)(H,34,35);2-6,9,11H,7-8,13H2,1H3,(H,14,15);1H3;1H4;2*1H/t27-,28-,31+,33+,34+,36+,37-;16-,19+,20+,21+,22-,38?;16-,19+,20+,21+,22-;9-,11+;;;;/m0000..../s1/i;;;;;;;1+2T. The number of aromatic nitrogens is 3. The van der Waals surface area contributed by atoms with Crippen molar-refractivity contribution < 1.29 is 103 Å². The molecule has 3 aliphatic heterocycles. The van der Waals surface area contributed by atoms with Crippen LogP contribution in [0.5, 0.6) is 0 Å². The summed E-state index contributed by atoms with van der Waals surface area (Å²) in [5.41, 5.74) is 7.56. The van der Waals surface area contributed by atoms with Gasteiger partial charge in [0.15, 0.2) is 37.7 Å². The van der Waals surface area contributed by atoms with Gasteiger partial charge in [-0.3, -0.25) is 77.0 Å². The van der Waals surface area contributed by atoms with Crippen LogP contribution in [-0.4, -0.2) is 273 Å². The lowest BCUT2D eigenvalue weighted by molar-refractivity contribution is -0.150. The molecule has 3 saturated heterocycles. The highest BCUT2D eigenvalue weighted by Gasteiger charge is 2.43. The van der Waals surface area contributed by atoms with Crippen LogP contribution < -0.4 is 21.7 Å². The Labute approximate surface area is 916 Å². The number of likely N-dealkylation sites (N-methyl/N-ethyl adjacent to an activating group) is 6. The van der Waals surface area contributed by atoms with E-state index in [2.05, 4.69) is 42.6 Å². The summed E-state index contributed by atoms with van der Waals surface area (Å²) in [5, 5.41) is 33.0. The van der Waals surface area contributed by atoms with Crippen molar-refractivity contribution in [2.75, 3.05) is 75.2 Å². The molecule has 3 fully saturated rings. The summed E-state index contributed by atoms with van der Waals surface area (Å²) in [7, 11) is 11.4. The van der Waals surface area contributed by atoms with Crippen LogP contribution in [0.25, 0.3) is 0 Å². The predicted molar refractivity (Wildman–Crippen MR) is 601 cm³/mol. The van der Waals surface area contributed by atoms with Crippen LogP contribution in [0, 0.1) is 53.3 Å². The van der Waals surface area contributed by atoms with E-state index in [1.54, 1.807) is 55.1 Å². The fourth-order valence-corrected chi connectivity index (χ4v) is 21.7. The van der Waals surface area contributed by atoms with Gasteiger partial charge < -0.3 is 65.5 Å². The number of carboxylic acid groups (broad SMARTS) is 2. The van der Waals surface area contributed by atoms with Gasteiger partial charge in [0.1, 0.15) is 44.5 Å². The molecule has 7 N–H and O–H groups in total. The second-order valence-electron chi connectivity index (χ2n) is 40.2. The Balaban J connectivity index is 0.00000104. The van der Waals surface area contributed by atoms with E-state index in [0.717, 1.165) is 125 Å². The number of ketones is 1. The minimum Gasteiger partial charge on any atom is -0.481 e. The average molecular weight is 2240 g/mol. The van der Waals surface area contributed by atoms with E-state index in [0.29, 0.717) is 60.2 Å². The largest absolute Gasteiger partial charge is 0.481 e. The summed E-state index contributed by atoms with van der Waals surface area (Å²) in [6.07, 6.45) is 11.4. The Hall–Kier alpha value is -8.25. The molecule has 0 saturated carbocycles. The van der Waals surface area contributed by atoms with E-state index in [4.69, 9.17) is 37.7 Å². The summed E-state index contributed by atoms with van der Waals surface area (Å²) < 4.78 is 45.8. The number of ether oxygens (including phenoxy) is 4. The van der Waals surface area contributed by atoms with Gasteiger partial charge in [-0.2, -0.15) is 0 Å². The first-order valence-corrected chi connectivity index (χ1v) is 59.3. The molecule has 21 atom stereocenters. The van der Waals surface area contributed by atoms with E-state index in [-0.39, 0.29) is 205 Å². The fraction of sp³-hybridized carbons (Fsp3) is 0.673. The van der Waals surface area contributed by atoms with Crippen LogP contribution in [0.4, 0.5) is 4.20 Å². The molecule has 840 valence electrons. The van der Waals surface area contributed by atoms with Crippen molar-refractivity contribution in [3.63, 3.8) is 0 Å². The highest BCUT2D eigenvalue weighted by atomic mass is 35.5. The lowest BCUT2D eigenvalue weighted by atomic mass is 9.86. The van der Waals surface area contributed by atoms with Gasteiger partial charge in [-0.05, 0) is 178 Å². The van der Waals surface area contributed by atoms with Crippen molar-refractivity contribution in [1.82, 2.24) is 60.3 Å². The topological polar surface area (TPSA) is 437 Å². The second-order valence-corrected chi connectivity index (χ2v) is 46.7. The molecule has 42 heteroatoms. The summed E-state index contributed by atoms with van der Waals surface area (Å²) in [4.78, 5) is 202. The number of halogens is 2. The number of carbonyl (C=O) groups excluding carboxylic acids is 12. The fourth-order valence-electron chi connectivity index (χ4n) is 18.4. The van der Waals surface area contributed by atoms with Crippen molar-refractivity contribution in [2.45, 2.75) is 339 Å². The first kappa shape index (κ1) is 135. The van der Waals surface area contributed by atoms with E-state index in [1.807, 2.05) is 197 Å². The number of likely N-dealkylation sites (tertiary alicyclic amines) is 3. The number of hydrogen-bond acceptors (Lipinski definition) is 29. The molecule has 2 aromatic carbocycles. The molecule has 0 bridgehead atoms. The molecule has 149 heavy (non-hydrogen) atoms. The van der Waals surface area contributed by atoms with E-state index >= 15 is 0 Å². The molecule has 3 aromatic heterocycles. The number of esters is 4. The Morgan fingerprint density at radius 3 is 1.13 bits per heavy atom. The number of Topliss-reactive ketones (excluding diaryl/α,β-unsaturated/α-hetero) is 1. The van der Waals surface area contributed by atoms with Crippen LogP contribution in [0.15, 0.2) is 76.8 Å². The van der Waals surface area contributed by atoms with Gasteiger partial charge in [0, 0.05) is 111 Å². The molecule has 0 aliphatic carbocycles. The monoisotopic (exact) mass is 2240 g/mol. The van der Waals surface area contributed by atoms with Gasteiger partial charge in [0.2, 0.25) is 41.0 Å². The third kappa shape index (κ3) is 45.8. The molecule has 5 aromatic rings. The van der Waals surface area contributed by atoms with E-state index in [1.165, 1.54) is 42.9 Å². The van der Waals surface area contributed by atoms with Crippen molar-refractivity contribution in [3.8, 4) is 0 Å². The highest BCUT2D eigenvalue weighted by Crippen LogP contribution is 2.49. The number of rotatable bonds is 50. The number of thiazole rings is 3. The SMILES string of the molecule is C.CCOC(=O)[C@@H](C)C[C@@H](CC(=O)c1csc([C@@H](C[C@H](C(C)C)N(C)C(=O)[C@@H](NC(=O)[C@H]2CCCCN2C)[C@@H](C)CC)OC(C)=O)n1)Cc1ccccc1.CC[C@H](C)[C@H](NC(=O)[C@H]1CCCCN1C)C(=O)N(C)[C@H](C[C@@H](OC(C)=O)c1nc(C(=O)O)cs1)C(C)C.CC[C@H](C)[C@H](NC(=O)[C@H]1CCCCN1C)C(=O)N(C)[C@H](C[C@@H](OC(C)=O)c1nc(C(=O)P(F)P)cs1)C(C)C.CP=S.C[C@@H](C[C@@H](N)Cc1ccccc1)C(=O)O.Cl.[3H][3H]. The van der Waals surface area contributed by atoms with Gasteiger partial charge in [0.05, 0.1) is 36.6 Å². The summed E-state index contributed by atoms with van der Waals surface area (Å²) >= 11 is 7.84. The van der Waals surface area contributed by atoms with Crippen molar-refractivity contribution in [2.24, 2.45) is 59.0 Å². The number of carbonyl (C=O) groups is 14. The normalized spacial score (nSPS) is 18.2. The van der Waals surface area contributed by atoms with Crippen LogP contribution >= 0.6 is 70.6 Å². The third-order valence-corrected chi connectivity index (χ3v) is 31.8. The number of aromatic carboxylic acids is 1. The van der Waals surface area contributed by atoms with Crippen molar-refractivity contribution in [3.05, 3.63) is 120 Å². The average Bonchev–Trinajstić information content (AvgIpc) is 1.80. The van der Waals surface area contributed by atoms with Gasteiger partial charge >= 0.3 is 35.8 Å². The summed E-state index contributed by atoms with van der Waals surface area (Å²) in [5.74, 6) is -6.11. The number of amides is 6. The highest BCUT2D eigenvalue weighted by molar-refractivity contribution is 8.19. The minimum atomic E-state index is -2.41.